The van der Waals surface area contributed by atoms with Crippen molar-refractivity contribution >= 4 is 0 Å². The minimum absolute atomic E-state index is 0.812. The van der Waals surface area contributed by atoms with Crippen molar-refractivity contribution in [3.8, 4) is 33.8 Å². The summed E-state index contributed by atoms with van der Waals surface area (Å²) in [7, 11) is 0. The Balaban J connectivity index is 1.90. The molecule has 0 unspecified atom stereocenters. The normalized spacial score (nSPS) is 10.6. The molecule has 3 nitrogen and oxygen atoms in total. The van der Waals surface area contributed by atoms with E-state index in [-0.39, 0.29) is 0 Å². The van der Waals surface area contributed by atoms with Crippen molar-refractivity contribution in [2.24, 2.45) is 0 Å². The Kier molecular flexibility index (Phi) is 4.05. The maximum absolute atomic E-state index is 6.21. The summed E-state index contributed by atoms with van der Waals surface area (Å²) in [4.78, 5) is 8.20. The highest BCUT2D eigenvalue weighted by atomic mass is 16.3. The molecule has 0 aliphatic heterocycles. The standard InChI is InChI=1S/C22H17N2O/c1-16-2-4-18(5-3-16)21-14-20(17-6-10-23-11-7-17)15-22(25-21)19-8-12-24-13-9-19/h2-15H,1H3/q+1. The molecule has 3 heterocycles. The summed E-state index contributed by atoms with van der Waals surface area (Å²) in [6, 6.07) is 20.4. The molecular formula is C22H17N2O+. The van der Waals surface area contributed by atoms with Gasteiger partial charge in [0.1, 0.15) is 0 Å². The summed E-state index contributed by atoms with van der Waals surface area (Å²) in [5.74, 6) is 1.65. The fraction of sp³-hybridized carbons (Fsp3) is 0.0455. The zero-order valence-corrected chi connectivity index (χ0v) is 13.9. The van der Waals surface area contributed by atoms with Crippen molar-refractivity contribution < 1.29 is 4.42 Å². The molecule has 3 aromatic heterocycles. The number of rotatable bonds is 3. The maximum Gasteiger partial charge on any atom is 0.361 e. The first-order chi connectivity index (χ1) is 12.3. The molecule has 0 N–H and O–H groups in total. The molecule has 0 spiro atoms. The zero-order chi connectivity index (χ0) is 17.1. The fourth-order valence-corrected chi connectivity index (χ4v) is 2.73. The molecule has 120 valence electrons. The SMILES string of the molecule is Cc1ccc(-c2cc(-c3ccncc3)cc(-c3ccncc3)[o+]2)cc1. The van der Waals surface area contributed by atoms with Crippen LogP contribution >= 0.6 is 0 Å². The highest BCUT2D eigenvalue weighted by Crippen LogP contribution is 2.32. The number of benzene rings is 1. The fourth-order valence-electron chi connectivity index (χ4n) is 2.73. The highest BCUT2D eigenvalue weighted by Gasteiger charge is 2.20. The minimum Gasteiger partial charge on any atom is -0.265 e. The van der Waals surface area contributed by atoms with Crippen LogP contribution < -0.4 is 0 Å². The monoisotopic (exact) mass is 325 g/mol. The summed E-state index contributed by atoms with van der Waals surface area (Å²) in [6.45, 7) is 2.08. The lowest BCUT2D eigenvalue weighted by molar-refractivity contribution is 0.582. The Morgan fingerprint density at radius 2 is 1.04 bits per heavy atom. The number of aromatic nitrogens is 2. The average molecular weight is 325 g/mol. The molecule has 0 saturated heterocycles. The van der Waals surface area contributed by atoms with E-state index in [1.807, 2.05) is 24.3 Å². The molecular weight excluding hydrogens is 308 g/mol. The van der Waals surface area contributed by atoms with Crippen molar-refractivity contribution in [3.05, 3.63) is 91.0 Å². The van der Waals surface area contributed by atoms with Gasteiger partial charge in [0.15, 0.2) is 0 Å². The summed E-state index contributed by atoms with van der Waals surface area (Å²) in [5.41, 5.74) is 5.48. The second-order valence-electron chi connectivity index (χ2n) is 5.91. The molecule has 0 radical (unpaired) electrons. The van der Waals surface area contributed by atoms with Gasteiger partial charge in [0, 0.05) is 30.4 Å². The molecule has 4 rings (SSSR count). The van der Waals surface area contributed by atoms with Gasteiger partial charge in [0.25, 0.3) is 0 Å². The van der Waals surface area contributed by atoms with Crippen molar-refractivity contribution in [2.45, 2.75) is 6.92 Å². The van der Waals surface area contributed by atoms with Crippen LogP contribution in [0.3, 0.4) is 0 Å². The Labute approximate surface area is 146 Å². The first-order valence-corrected chi connectivity index (χ1v) is 8.16. The van der Waals surface area contributed by atoms with Crippen LogP contribution in [0.1, 0.15) is 5.56 Å². The molecule has 4 aromatic rings. The van der Waals surface area contributed by atoms with Crippen LogP contribution in [0, 0.1) is 6.92 Å². The van der Waals surface area contributed by atoms with Crippen LogP contribution in [-0.4, -0.2) is 9.97 Å². The lowest BCUT2D eigenvalue weighted by atomic mass is 10.0. The van der Waals surface area contributed by atoms with E-state index >= 15 is 0 Å². The lowest BCUT2D eigenvalue weighted by Gasteiger charge is -2.02. The van der Waals surface area contributed by atoms with Gasteiger partial charge in [-0.2, -0.15) is 0 Å². The predicted octanol–water partition coefficient (Wildman–Crippen LogP) is 5.66. The molecule has 25 heavy (non-hydrogen) atoms. The summed E-state index contributed by atoms with van der Waals surface area (Å²) < 4.78 is 6.21. The number of hydrogen-bond donors (Lipinski definition) is 0. The van der Waals surface area contributed by atoms with Crippen LogP contribution in [0.25, 0.3) is 33.8 Å². The van der Waals surface area contributed by atoms with E-state index in [0.717, 1.165) is 33.8 Å². The van der Waals surface area contributed by atoms with Gasteiger partial charge in [-0.25, -0.2) is 4.42 Å². The largest absolute Gasteiger partial charge is 0.361 e. The summed E-state index contributed by atoms with van der Waals surface area (Å²) in [5, 5.41) is 0. The van der Waals surface area contributed by atoms with Crippen LogP contribution in [0.2, 0.25) is 0 Å². The van der Waals surface area contributed by atoms with Crippen LogP contribution in [0.5, 0.6) is 0 Å². The van der Waals surface area contributed by atoms with E-state index < -0.39 is 0 Å². The number of pyridine rings is 2. The molecule has 0 atom stereocenters. The van der Waals surface area contributed by atoms with Gasteiger partial charge in [-0.15, -0.1) is 0 Å². The van der Waals surface area contributed by atoms with Crippen molar-refractivity contribution in [2.75, 3.05) is 0 Å². The maximum atomic E-state index is 6.21. The van der Waals surface area contributed by atoms with Crippen molar-refractivity contribution in [3.63, 3.8) is 0 Å². The van der Waals surface area contributed by atoms with Gasteiger partial charge in [0.2, 0.25) is 0 Å². The van der Waals surface area contributed by atoms with Gasteiger partial charge in [-0.05, 0) is 48.9 Å². The van der Waals surface area contributed by atoms with E-state index in [0.29, 0.717) is 0 Å². The zero-order valence-electron chi connectivity index (χ0n) is 13.9. The minimum atomic E-state index is 0.812. The molecule has 3 heteroatoms. The topological polar surface area (TPSA) is 37.1 Å². The second-order valence-corrected chi connectivity index (χ2v) is 5.91. The number of hydrogen-bond acceptors (Lipinski definition) is 2. The van der Waals surface area contributed by atoms with E-state index in [2.05, 4.69) is 53.3 Å². The molecule has 0 fully saturated rings. The van der Waals surface area contributed by atoms with E-state index in [1.54, 1.807) is 24.8 Å². The third kappa shape index (κ3) is 3.31. The molecule has 1 aromatic carbocycles. The Morgan fingerprint density at radius 3 is 1.60 bits per heavy atom. The molecule has 0 aliphatic rings. The van der Waals surface area contributed by atoms with E-state index in [9.17, 15) is 0 Å². The van der Waals surface area contributed by atoms with E-state index in [1.165, 1.54) is 5.56 Å². The Morgan fingerprint density at radius 1 is 0.560 bits per heavy atom. The first-order valence-electron chi connectivity index (χ1n) is 8.16. The van der Waals surface area contributed by atoms with Gasteiger partial charge in [0.05, 0.1) is 23.3 Å². The van der Waals surface area contributed by atoms with Crippen LogP contribution in [0.4, 0.5) is 0 Å². The molecule has 0 amide bonds. The van der Waals surface area contributed by atoms with Crippen molar-refractivity contribution in [1.82, 2.24) is 9.97 Å². The lowest BCUT2D eigenvalue weighted by Crippen LogP contribution is -1.87. The van der Waals surface area contributed by atoms with Gasteiger partial charge < -0.3 is 0 Å². The second kappa shape index (κ2) is 6.65. The highest BCUT2D eigenvalue weighted by molar-refractivity contribution is 5.74. The predicted molar refractivity (Wildman–Crippen MR) is 99.8 cm³/mol. The Hall–Kier alpha value is -3.33. The van der Waals surface area contributed by atoms with Crippen LogP contribution in [0.15, 0.2) is 89.9 Å². The van der Waals surface area contributed by atoms with Crippen LogP contribution in [-0.2, 0) is 0 Å². The number of aryl methyl sites for hydroxylation is 1. The van der Waals surface area contributed by atoms with Gasteiger partial charge >= 0.3 is 11.5 Å². The van der Waals surface area contributed by atoms with Crippen molar-refractivity contribution in [1.29, 1.82) is 0 Å². The smallest absolute Gasteiger partial charge is 0.265 e. The van der Waals surface area contributed by atoms with Gasteiger partial charge in [-0.3, -0.25) is 9.97 Å². The molecule has 0 aliphatic carbocycles. The molecule has 0 bridgehead atoms. The number of nitrogens with zero attached hydrogens (tertiary/aromatic N) is 2. The van der Waals surface area contributed by atoms with Gasteiger partial charge in [-0.1, -0.05) is 17.7 Å². The summed E-state index contributed by atoms with van der Waals surface area (Å²) in [6.07, 6.45) is 7.15. The third-order valence-electron chi connectivity index (χ3n) is 4.11. The molecule has 0 saturated carbocycles. The first kappa shape index (κ1) is 15.2. The summed E-state index contributed by atoms with van der Waals surface area (Å²) >= 11 is 0. The third-order valence-corrected chi connectivity index (χ3v) is 4.11. The average Bonchev–Trinajstić information content (AvgIpc) is 2.69. The van der Waals surface area contributed by atoms with E-state index in [4.69, 9.17) is 4.42 Å². The quantitative estimate of drug-likeness (QED) is 0.456. The Bertz CT molecular complexity index is 924.